The molecule has 0 saturated heterocycles. The fourth-order valence-corrected chi connectivity index (χ4v) is 2.32. The van der Waals surface area contributed by atoms with Crippen molar-refractivity contribution in [2.24, 2.45) is 0 Å². The Morgan fingerprint density at radius 2 is 2.05 bits per heavy atom. The quantitative estimate of drug-likeness (QED) is 0.934. The van der Waals surface area contributed by atoms with E-state index >= 15 is 0 Å². The maximum Gasteiger partial charge on any atom is 0.231 e. The van der Waals surface area contributed by atoms with Gasteiger partial charge in [-0.25, -0.2) is 0 Å². The van der Waals surface area contributed by atoms with Crippen LogP contribution in [-0.2, 0) is 6.54 Å². The molecule has 0 spiro atoms. The van der Waals surface area contributed by atoms with Crippen LogP contribution in [0.15, 0.2) is 42.5 Å². The summed E-state index contributed by atoms with van der Waals surface area (Å²) in [7, 11) is 0. The minimum Gasteiger partial charge on any atom is -0.454 e. The Hall–Kier alpha value is -2.51. The molecule has 0 aliphatic carbocycles. The van der Waals surface area contributed by atoms with Gasteiger partial charge in [-0.2, -0.15) is 5.26 Å². The first-order valence-electron chi connectivity index (χ1n) is 6.88. The zero-order valence-corrected chi connectivity index (χ0v) is 11.8. The second kappa shape index (κ2) is 5.86. The maximum atomic E-state index is 8.91. The molecule has 1 unspecified atom stereocenters. The first kappa shape index (κ1) is 13.5. The Morgan fingerprint density at radius 1 is 1.19 bits per heavy atom. The van der Waals surface area contributed by atoms with E-state index in [9.17, 15) is 0 Å². The molecule has 0 aromatic heterocycles. The monoisotopic (exact) mass is 280 g/mol. The summed E-state index contributed by atoms with van der Waals surface area (Å²) in [4.78, 5) is 0. The lowest BCUT2D eigenvalue weighted by atomic mass is 10.1. The van der Waals surface area contributed by atoms with Gasteiger partial charge in [0, 0.05) is 12.6 Å². The molecule has 2 aromatic carbocycles. The zero-order valence-electron chi connectivity index (χ0n) is 11.8. The summed E-state index contributed by atoms with van der Waals surface area (Å²) in [6.45, 7) is 3.11. The number of hydrogen-bond acceptors (Lipinski definition) is 4. The van der Waals surface area contributed by atoms with Crippen molar-refractivity contribution in [3.05, 3.63) is 59.2 Å². The molecule has 4 nitrogen and oxygen atoms in total. The van der Waals surface area contributed by atoms with Crippen LogP contribution in [0.4, 0.5) is 0 Å². The van der Waals surface area contributed by atoms with Crippen LogP contribution < -0.4 is 14.8 Å². The van der Waals surface area contributed by atoms with Gasteiger partial charge in [0.05, 0.1) is 11.6 Å². The number of benzene rings is 2. The summed E-state index contributed by atoms with van der Waals surface area (Å²) < 4.78 is 10.7. The van der Waals surface area contributed by atoms with Gasteiger partial charge in [0.1, 0.15) is 0 Å². The average molecular weight is 280 g/mol. The highest BCUT2D eigenvalue weighted by atomic mass is 16.7. The van der Waals surface area contributed by atoms with Crippen molar-refractivity contribution < 1.29 is 9.47 Å². The number of nitrogens with one attached hydrogen (secondary N) is 1. The maximum absolute atomic E-state index is 8.91. The summed E-state index contributed by atoms with van der Waals surface area (Å²) >= 11 is 0. The van der Waals surface area contributed by atoms with Crippen LogP contribution in [0.3, 0.4) is 0 Å². The van der Waals surface area contributed by atoms with Crippen LogP contribution in [0.5, 0.6) is 11.5 Å². The number of nitrogens with zero attached hydrogens (tertiary/aromatic N) is 1. The molecule has 2 aromatic rings. The second-order valence-electron chi connectivity index (χ2n) is 5.03. The SMILES string of the molecule is CC(NCc1cccc(C#N)c1)c1ccc2c(c1)OCO2. The van der Waals surface area contributed by atoms with E-state index < -0.39 is 0 Å². The molecule has 0 saturated carbocycles. The van der Waals surface area contributed by atoms with E-state index in [0.717, 1.165) is 22.6 Å². The van der Waals surface area contributed by atoms with Crippen molar-refractivity contribution in [3.8, 4) is 17.6 Å². The van der Waals surface area contributed by atoms with Gasteiger partial charge in [0.25, 0.3) is 0 Å². The molecule has 0 bridgehead atoms. The fourth-order valence-electron chi connectivity index (χ4n) is 2.32. The van der Waals surface area contributed by atoms with Gasteiger partial charge in [-0.05, 0) is 42.3 Å². The minimum absolute atomic E-state index is 0.185. The third-order valence-corrected chi connectivity index (χ3v) is 3.57. The Labute approximate surface area is 123 Å². The standard InChI is InChI=1S/C17H16N2O2/c1-12(15-5-6-16-17(8-15)21-11-20-16)19-10-14-4-2-3-13(7-14)9-18/h2-8,12,19H,10-11H2,1H3. The van der Waals surface area contributed by atoms with Crippen molar-refractivity contribution in [1.82, 2.24) is 5.32 Å². The zero-order chi connectivity index (χ0) is 14.7. The molecular formula is C17H16N2O2. The Morgan fingerprint density at radius 3 is 2.90 bits per heavy atom. The van der Waals surface area contributed by atoms with Crippen molar-refractivity contribution in [1.29, 1.82) is 5.26 Å². The molecule has 0 fully saturated rings. The normalized spacial score (nSPS) is 13.7. The van der Waals surface area contributed by atoms with E-state index in [-0.39, 0.29) is 6.04 Å². The van der Waals surface area contributed by atoms with Gasteiger partial charge in [-0.15, -0.1) is 0 Å². The molecule has 1 heterocycles. The van der Waals surface area contributed by atoms with Gasteiger partial charge in [-0.3, -0.25) is 0 Å². The van der Waals surface area contributed by atoms with E-state index in [1.807, 2.05) is 42.5 Å². The van der Waals surface area contributed by atoms with E-state index in [1.165, 1.54) is 0 Å². The Bertz CT molecular complexity index is 691. The Kier molecular flexibility index (Phi) is 3.76. The number of rotatable bonds is 4. The van der Waals surface area contributed by atoms with Crippen molar-refractivity contribution >= 4 is 0 Å². The fraction of sp³-hybridized carbons (Fsp3) is 0.235. The topological polar surface area (TPSA) is 54.3 Å². The Balaban J connectivity index is 1.66. The van der Waals surface area contributed by atoms with Crippen LogP contribution >= 0.6 is 0 Å². The molecule has 1 aliphatic rings. The minimum atomic E-state index is 0.185. The molecule has 1 aliphatic heterocycles. The van der Waals surface area contributed by atoms with Crippen LogP contribution in [-0.4, -0.2) is 6.79 Å². The van der Waals surface area contributed by atoms with E-state index in [2.05, 4.69) is 18.3 Å². The van der Waals surface area contributed by atoms with Crippen molar-refractivity contribution in [3.63, 3.8) is 0 Å². The number of nitriles is 1. The highest BCUT2D eigenvalue weighted by molar-refractivity contribution is 5.45. The molecule has 0 amide bonds. The summed E-state index contributed by atoms with van der Waals surface area (Å²) in [5, 5.41) is 12.4. The smallest absolute Gasteiger partial charge is 0.231 e. The van der Waals surface area contributed by atoms with Crippen LogP contribution in [0.2, 0.25) is 0 Å². The van der Waals surface area contributed by atoms with E-state index in [1.54, 1.807) is 0 Å². The molecule has 0 radical (unpaired) electrons. The lowest BCUT2D eigenvalue weighted by Crippen LogP contribution is -2.18. The molecule has 4 heteroatoms. The summed E-state index contributed by atoms with van der Waals surface area (Å²) in [6, 6.07) is 16.0. The number of hydrogen-bond donors (Lipinski definition) is 1. The molecule has 3 rings (SSSR count). The van der Waals surface area contributed by atoms with Crippen LogP contribution in [0.25, 0.3) is 0 Å². The van der Waals surface area contributed by atoms with Crippen molar-refractivity contribution in [2.75, 3.05) is 6.79 Å². The van der Waals surface area contributed by atoms with Crippen LogP contribution in [0, 0.1) is 11.3 Å². The first-order chi connectivity index (χ1) is 10.3. The van der Waals surface area contributed by atoms with Gasteiger partial charge >= 0.3 is 0 Å². The molecule has 106 valence electrons. The van der Waals surface area contributed by atoms with Crippen molar-refractivity contribution in [2.45, 2.75) is 19.5 Å². The molecule has 1 N–H and O–H groups in total. The van der Waals surface area contributed by atoms with E-state index in [0.29, 0.717) is 18.9 Å². The summed E-state index contributed by atoms with van der Waals surface area (Å²) in [5.41, 5.74) is 2.93. The van der Waals surface area contributed by atoms with Gasteiger partial charge in [-0.1, -0.05) is 18.2 Å². The van der Waals surface area contributed by atoms with Gasteiger partial charge in [0.2, 0.25) is 6.79 Å². The predicted octanol–water partition coefficient (Wildman–Crippen LogP) is 3.14. The third kappa shape index (κ3) is 2.99. The second-order valence-corrected chi connectivity index (χ2v) is 5.03. The predicted molar refractivity (Wildman–Crippen MR) is 79.0 cm³/mol. The van der Waals surface area contributed by atoms with Crippen LogP contribution in [0.1, 0.15) is 29.7 Å². The highest BCUT2D eigenvalue weighted by Crippen LogP contribution is 2.34. The summed E-state index contributed by atoms with van der Waals surface area (Å²) in [6.07, 6.45) is 0. The van der Waals surface area contributed by atoms with E-state index in [4.69, 9.17) is 14.7 Å². The first-order valence-corrected chi connectivity index (χ1v) is 6.88. The largest absolute Gasteiger partial charge is 0.454 e. The molecule has 21 heavy (non-hydrogen) atoms. The van der Waals surface area contributed by atoms with Gasteiger partial charge in [0.15, 0.2) is 11.5 Å². The third-order valence-electron chi connectivity index (χ3n) is 3.57. The number of fused-ring (bicyclic) bond motifs is 1. The molecular weight excluding hydrogens is 264 g/mol. The van der Waals surface area contributed by atoms with Gasteiger partial charge < -0.3 is 14.8 Å². The number of ether oxygens (including phenoxy) is 2. The average Bonchev–Trinajstić information content (AvgIpc) is 3.00. The lowest BCUT2D eigenvalue weighted by molar-refractivity contribution is 0.174. The lowest BCUT2D eigenvalue weighted by Gasteiger charge is -2.15. The molecule has 1 atom stereocenters. The highest BCUT2D eigenvalue weighted by Gasteiger charge is 2.15. The summed E-state index contributed by atoms with van der Waals surface area (Å²) in [5.74, 6) is 1.60.